The van der Waals surface area contributed by atoms with Gasteiger partial charge < -0.3 is 11.1 Å². The van der Waals surface area contributed by atoms with Crippen LogP contribution in [-0.2, 0) is 0 Å². The van der Waals surface area contributed by atoms with Crippen molar-refractivity contribution in [1.82, 2.24) is 5.32 Å². The number of nitrogens with one attached hydrogen (secondary N) is 1. The second-order valence-corrected chi connectivity index (χ2v) is 6.22. The number of nitro benzene ring substituents is 1. The third kappa shape index (κ3) is 3.47. The highest BCUT2D eigenvalue weighted by Crippen LogP contribution is 2.29. The Hall–Kier alpha value is -1.76. The molecular formula is C14H19N3O3S. The van der Waals surface area contributed by atoms with E-state index in [2.05, 4.69) is 5.32 Å². The first kappa shape index (κ1) is 15.6. The van der Waals surface area contributed by atoms with E-state index in [0.717, 1.165) is 25.7 Å². The van der Waals surface area contributed by atoms with Gasteiger partial charge in [-0.3, -0.25) is 14.9 Å². The molecule has 0 spiro atoms. The van der Waals surface area contributed by atoms with Gasteiger partial charge in [0.15, 0.2) is 0 Å². The fourth-order valence-corrected chi connectivity index (χ4v) is 3.67. The summed E-state index contributed by atoms with van der Waals surface area (Å²) >= 11 is 1.73. The summed E-state index contributed by atoms with van der Waals surface area (Å²) in [4.78, 5) is 22.9. The van der Waals surface area contributed by atoms with Crippen LogP contribution in [0.4, 0.5) is 11.4 Å². The molecule has 2 atom stereocenters. The van der Waals surface area contributed by atoms with Gasteiger partial charge in [-0.1, -0.05) is 18.9 Å². The molecule has 21 heavy (non-hydrogen) atoms. The van der Waals surface area contributed by atoms with Crippen LogP contribution in [0.25, 0.3) is 0 Å². The zero-order valence-corrected chi connectivity index (χ0v) is 12.7. The Labute approximate surface area is 127 Å². The second-order valence-electron chi connectivity index (χ2n) is 5.14. The number of thioether (sulfide) groups is 1. The normalized spacial score (nSPS) is 21.8. The molecule has 0 bridgehead atoms. The summed E-state index contributed by atoms with van der Waals surface area (Å²) in [6, 6.07) is 4.49. The monoisotopic (exact) mass is 309 g/mol. The lowest BCUT2D eigenvalue weighted by Gasteiger charge is -2.30. The van der Waals surface area contributed by atoms with Gasteiger partial charge in [-0.25, -0.2) is 0 Å². The van der Waals surface area contributed by atoms with Crippen LogP contribution in [0.1, 0.15) is 36.0 Å². The zero-order valence-electron chi connectivity index (χ0n) is 11.9. The molecule has 0 saturated heterocycles. The van der Waals surface area contributed by atoms with Gasteiger partial charge in [0, 0.05) is 11.3 Å². The molecule has 2 rings (SSSR count). The zero-order chi connectivity index (χ0) is 15.4. The van der Waals surface area contributed by atoms with E-state index in [1.807, 2.05) is 6.26 Å². The predicted octanol–water partition coefficient (Wildman–Crippen LogP) is 2.58. The SMILES string of the molecule is CSC1CCCCC1NC(=O)c1cccc(N)c1[N+](=O)[O-]. The van der Waals surface area contributed by atoms with E-state index < -0.39 is 10.8 Å². The number of anilines is 1. The Morgan fingerprint density at radius 3 is 2.81 bits per heavy atom. The molecule has 1 saturated carbocycles. The van der Waals surface area contributed by atoms with Crippen molar-refractivity contribution in [2.45, 2.75) is 37.0 Å². The molecule has 3 N–H and O–H groups in total. The molecule has 1 aliphatic carbocycles. The third-order valence-corrected chi connectivity index (χ3v) is 4.99. The van der Waals surface area contributed by atoms with Gasteiger partial charge in [0.25, 0.3) is 5.91 Å². The van der Waals surface area contributed by atoms with Crippen molar-refractivity contribution >= 4 is 29.0 Å². The van der Waals surface area contributed by atoms with Gasteiger partial charge in [-0.2, -0.15) is 11.8 Å². The van der Waals surface area contributed by atoms with E-state index >= 15 is 0 Å². The molecule has 1 aromatic rings. The first-order valence-electron chi connectivity index (χ1n) is 6.91. The number of nitrogen functional groups attached to an aromatic ring is 1. The average molecular weight is 309 g/mol. The fraction of sp³-hybridized carbons (Fsp3) is 0.500. The smallest absolute Gasteiger partial charge is 0.304 e. The molecule has 0 aromatic heterocycles. The number of hydrogen-bond acceptors (Lipinski definition) is 5. The van der Waals surface area contributed by atoms with Crippen molar-refractivity contribution in [3.63, 3.8) is 0 Å². The molecule has 0 radical (unpaired) electrons. The summed E-state index contributed by atoms with van der Waals surface area (Å²) < 4.78 is 0. The molecular weight excluding hydrogens is 290 g/mol. The lowest BCUT2D eigenvalue weighted by Crippen LogP contribution is -2.43. The molecule has 114 valence electrons. The lowest BCUT2D eigenvalue weighted by atomic mass is 9.94. The van der Waals surface area contributed by atoms with Crippen molar-refractivity contribution in [2.75, 3.05) is 12.0 Å². The van der Waals surface area contributed by atoms with Crippen LogP contribution in [0.3, 0.4) is 0 Å². The first-order chi connectivity index (χ1) is 10.0. The maximum atomic E-state index is 12.4. The van der Waals surface area contributed by atoms with E-state index in [-0.39, 0.29) is 23.0 Å². The topological polar surface area (TPSA) is 98.3 Å². The van der Waals surface area contributed by atoms with Crippen molar-refractivity contribution in [1.29, 1.82) is 0 Å². The Balaban J connectivity index is 2.20. The van der Waals surface area contributed by atoms with Crippen LogP contribution < -0.4 is 11.1 Å². The fourth-order valence-electron chi connectivity index (χ4n) is 2.74. The van der Waals surface area contributed by atoms with Crippen LogP contribution in [0.5, 0.6) is 0 Å². The van der Waals surface area contributed by atoms with E-state index in [1.54, 1.807) is 17.8 Å². The summed E-state index contributed by atoms with van der Waals surface area (Å²) in [6.07, 6.45) is 6.23. The number of nitrogens with zero attached hydrogens (tertiary/aromatic N) is 1. The molecule has 0 aliphatic heterocycles. The number of nitro groups is 1. The highest BCUT2D eigenvalue weighted by molar-refractivity contribution is 7.99. The number of rotatable bonds is 4. The van der Waals surface area contributed by atoms with Gasteiger partial charge in [-0.05, 0) is 31.2 Å². The van der Waals surface area contributed by atoms with Gasteiger partial charge >= 0.3 is 5.69 Å². The molecule has 6 nitrogen and oxygen atoms in total. The van der Waals surface area contributed by atoms with Crippen LogP contribution in [0, 0.1) is 10.1 Å². The van der Waals surface area contributed by atoms with Gasteiger partial charge in [-0.15, -0.1) is 0 Å². The summed E-state index contributed by atoms with van der Waals surface area (Å²) in [5.41, 5.74) is 5.35. The van der Waals surface area contributed by atoms with Crippen LogP contribution in [0.2, 0.25) is 0 Å². The minimum atomic E-state index is -0.600. The van der Waals surface area contributed by atoms with E-state index in [1.165, 1.54) is 12.1 Å². The minimum Gasteiger partial charge on any atom is -0.393 e. The van der Waals surface area contributed by atoms with E-state index in [9.17, 15) is 14.9 Å². The van der Waals surface area contributed by atoms with E-state index in [4.69, 9.17) is 5.73 Å². The minimum absolute atomic E-state index is 0.0118. The number of carbonyl (C=O) groups is 1. The van der Waals surface area contributed by atoms with Crippen LogP contribution in [0.15, 0.2) is 18.2 Å². The maximum Gasteiger partial charge on any atom is 0.304 e. The summed E-state index contributed by atoms with van der Waals surface area (Å²) in [7, 11) is 0. The maximum absolute atomic E-state index is 12.4. The average Bonchev–Trinajstić information content (AvgIpc) is 2.47. The number of hydrogen-bond donors (Lipinski definition) is 2. The second kappa shape index (κ2) is 6.80. The molecule has 1 amide bonds. The molecule has 2 unspecified atom stereocenters. The third-order valence-electron chi connectivity index (χ3n) is 3.82. The molecule has 1 aromatic carbocycles. The summed E-state index contributed by atoms with van der Waals surface area (Å²) in [5, 5.41) is 14.4. The molecule has 7 heteroatoms. The largest absolute Gasteiger partial charge is 0.393 e. The van der Waals surface area contributed by atoms with Gasteiger partial charge in [0.1, 0.15) is 11.3 Å². The Kier molecular flexibility index (Phi) is 5.06. The number of nitrogens with two attached hydrogens (primary N) is 1. The highest BCUT2D eigenvalue weighted by Gasteiger charge is 2.29. The van der Waals surface area contributed by atoms with Crippen LogP contribution >= 0.6 is 11.8 Å². The first-order valence-corrected chi connectivity index (χ1v) is 8.20. The predicted molar refractivity (Wildman–Crippen MR) is 84.5 cm³/mol. The Morgan fingerprint density at radius 1 is 1.43 bits per heavy atom. The summed E-state index contributed by atoms with van der Waals surface area (Å²) in [6.45, 7) is 0. The Morgan fingerprint density at radius 2 is 2.14 bits per heavy atom. The number of benzene rings is 1. The standard InChI is InChI=1S/C14H19N3O3S/c1-21-12-8-3-2-7-11(12)16-14(18)9-5-4-6-10(15)13(9)17(19)20/h4-6,11-12H,2-3,7-8,15H2,1H3,(H,16,18). The van der Waals surface area contributed by atoms with Gasteiger partial charge in [0.05, 0.1) is 4.92 Å². The van der Waals surface area contributed by atoms with Crippen molar-refractivity contribution in [3.05, 3.63) is 33.9 Å². The van der Waals surface area contributed by atoms with Gasteiger partial charge in [0.2, 0.25) is 0 Å². The molecule has 1 aliphatic rings. The number of para-hydroxylation sites is 1. The van der Waals surface area contributed by atoms with Crippen molar-refractivity contribution in [3.8, 4) is 0 Å². The molecule has 1 fully saturated rings. The van der Waals surface area contributed by atoms with Crippen molar-refractivity contribution < 1.29 is 9.72 Å². The highest BCUT2D eigenvalue weighted by atomic mass is 32.2. The number of carbonyl (C=O) groups excluding carboxylic acids is 1. The van der Waals surface area contributed by atoms with Crippen molar-refractivity contribution in [2.24, 2.45) is 0 Å². The Bertz CT molecular complexity index is 550. The van der Waals surface area contributed by atoms with E-state index in [0.29, 0.717) is 5.25 Å². The lowest BCUT2D eigenvalue weighted by molar-refractivity contribution is -0.384. The summed E-state index contributed by atoms with van der Waals surface area (Å²) in [5.74, 6) is -0.417. The quantitative estimate of drug-likeness (QED) is 0.506. The molecule has 0 heterocycles. The van der Waals surface area contributed by atoms with Crippen LogP contribution in [-0.4, -0.2) is 28.4 Å². The number of amides is 1.